The molecule has 1 aliphatic heterocycles. The van der Waals surface area contributed by atoms with Crippen molar-refractivity contribution in [3.8, 4) is 11.3 Å². The average molecular weight is 727 g/mol. The molecule has 0 amide bonds. The molecule has 6 heteroatoms. The van der Waals surface area contributed by atoms with E-state index >= 15 is 0 Å². The molecular formula is C35H40IrN3O2. The van der Waals surface area contributed by atoms with E-state index in [1.807, 2.05) is 60.7 Å². The van der Waals surface area contributed by atoms with Crippen molar-refractivity contribution in [3.63, 3.8) is 0 Å². The number of aromatic nitrogens is 1. The number of benzene rings is 3. The molecule has 4 aromatic rings. The van der Waals surface area contributed by atoms with Gasteiger partial charge in [0.1, 0.15) is 0 Å². The maximum atomic E-state index is 8.56. The van der Waals surface area contributed by atoms with Gasteiger partial charge in [-0.15, -0.1) is 41.6 Å². The number of hydrogen-bond acceptors (Lipinski definition) is 5. The Morgan fingerprint density at radius 1 is 0.829 bits per heavy atom. The molecule has 2 N–H and O–H groups in total. The van der Waals surface area contributed by atoms with Gasteiger partial charge in [-0.1, -0.05) is 49.6 Å². The van der Waals surface area contributed by atoms with E-state index in [0.29, 0.717) is 12.5 Å². The first-order valence-corrected chi connectivity index (χ1v) is 14.2. The van der Waals surface area contributed by atoms with E-state index in [2.05, 4.69) is 70.3 Å². The minimum Gasteiger partial charge on any atom is -0.505 e. The summed E-state index contributed by atoms with van der Waals surface area (Å²) in [7, 11) is 0. The van der Waals surface area contributed by atoms with E-state index in [-0.39, 0.29) is 32.3 Å². The molecule has 2 heterocycles. The summed E-state index contributed by atoms with van der Waals surface area (Å²) in [5, 5.41) is 18.3. The number of pyridine rings is 1. The van der Waals surface area contributed by atoms with Crippen LogP contribution < -0.4 is 4.90 Å². The number of hydrogen-bond donors (Lipinski definition) is 2. The molecule has 1 aliphatic carbocycles. The van der Waals surface area contributed by atoms with Crippen LogP contribution in [0.3, 0.4) is 0 Å². The van der Waals surface area contributed by atoms with E-state index in [1.54, 1.807) is 13.8 Å². The van der Waals surface area contributed by atoms with Gasteiger partial charge >= 0.3 is 20.1 Å². The molecule has 2 aliphatic rings. The summed E-state index contributed by atoms with van der Waals surface area (Å²) in [4.78, 5) is 9.12. The molecule has 0 bridgehead atoms. The van der Waals surface area contributed by atoms with Crippen LogP contribution in [0, 0.1) is 18.8 Å². The molecule has 6 rings (SSSR count). The van der Waals surface area contributed by atoms with Crippen LogP contribution in [-0.4, -0.2) is 38.3 Å². The summed E-state index contributed by atoms with van der Waals surface area (Å²) in [6, 6.07) is 35.4. The van der Waals surface area contributed by atoms with Gasteiger partial charge in [-0.25, -0.2) is 0 Å². The molecule has 2 atom stereocenters. The number of aliphatic hydroxyl groups is 2. The van der Waals surface area contributed by atoms with Gasteiger partial charge in [-0.3, -0.25) is 4.98 Å². The number of rotatable bonds is 5. The first-order chi connectivity index (χ1) is 19.5. The summed E-state index contributed by atoms with van der Waals surface area (Å²) in [6.07, 6.45) is 10.8. The van der Waals surface area contributed by atoms with Crippen LogP contribution in [-0.2, 0) is 20.1 Å². The molecule has 0 saturated heterocycles. The zero-order chi connectivity index (χ0) is 28.2. The van der Waals surface area contributed by atoms with Crippen molar-refractivity contribution in [3.05, 3.63) is 116 Å². The maximum absolute atomic E-state index is 8.56. The number of nitrogens with zero attached hydrogens (tertiary/aromatic N) is 3. The maximum Gasteiger partial charge on any atom is 3.00 e. The fourth-order valence-electron chi connectivity index (χ4n) is 4.91. The van der Waals surface area contributed by atoms with Crippen molar-refractivity contribution in [1.82, 2.24) is 9.88 Å². The monoisotopic (exact) mass is 727 g/mol. The van der Waals surface area contributed by atoms with E-state index in [0.717, 1.165) is 22.5 Å². The van der Waals surface area contributed by atoms with Gasteiger partial charge in [-0.2, -0.15) is 37.0 Å². The minimum absolute atomic E-state index is 0. The fraction of sp³-hybridized carbons (Fsp3) is 0.314. The predicted octanol–water partition coefficient (Wildman–Crippen LogP) is 7.37. The standard InChI is InChI=1S/C15H18N2.C15H10N.C5H12O2.Ir/c1-3-7-14(8-4-1)16-11-12-17(13-16)15-9-5-2-6-10-15;1-2-6-12(7-3-1)15-11-10-13-8-4-5-9-14(13)16-15;1-4(6)3-5(2)7;/h1,3-4,7,11-13,15H,2,5-6,9-10H2;1-6,8-11H;4-7H,3H2,1-2H3;/q-2;-1;;+3. The van der Waals surface area contributed by atoms with Gasteiger partial charge in [0, 0.05) is 6.04 Å². The molecule has 1 fully saturated rings. The predicted molar refractivity (Wildman–Crippen MR) is 164 cm³/mol. The van der Waals surface area contributed by atoms with Gasteiger partial charge in [-0.05, 0) is 62.7 Å². The van der Waals surface area contributed by atoms with E-state index < -0.39 is 0 Å². The van der Waals surface area contributed by atoms with Crippen LogP contribution in [0.2, 0.25) is 0 Å². The summed E-state index contributed by atoms with van der Waals surface area (Å²) in [5.41, 5.74) is 4.15. The van der Waals surface area contributed by atoms with Gasteiger partial charge in [0.15, 0.2) is 0 Å². The number of anilines is 1. The van der Waals surface area contributed by atoms with Crippen LogP contribution in [0.4, 0.5) is 5.69 Å². The second-order valence-corrected chi connectivity index (χ2v) is 10.4. The third-order valence-electron chi connectivity index (χ3n) is 6.89. The zero-order valence-electron chi connectivity index (χ0n) is 23.9. The van der Waals surface area contributed by atoms with Crippen molar-refractivity contribution in [2.24, 2.45) is 0 Å². The van der Waals surface area contributed by atoms with Gasteiger partial charge in [0.2, 0.25) is 0 Å². The fourth-order valence-corrected chi connectivity index (χ4v) is 4.91. The molecule has 1 aromatic heterocycles. The van der Waals surface area contributed by atoms with E-state index in [1.165, 1.54) is 37.5 Å². The van der Waals surface area contributed by atoms with Crippen LogP contribution in [0.25, 0.3) is 22.2 Å². The van der Waals surface area contributed by atoms with Crippen LogP contribution >= 0.6 is 0 Å². The SMILES string of the molecule is CC(O)CC(C)O.[Ir+3].[c-]1ccccc1-c1ccc2ccccc2n1.[c-]1ccccc1N1C=CN(C2CCCCC2)[CH-]1. The topological polar surface area (TPSA) is 59.8 Å². The Hall–Kier alpha value is -3.02. The number of para-hydroxylation sites is 2. The van der Waals surface area contributed by atoms with Crippen LogP contribution in [0.5, 0.6) is 0 Å². The Balaban J connectivity index is 0.000000181. The quantitative estimate of drug-likeness (QED) is 0.211. The second kappa shape index (κ2) is 17.1. The van der Waals surface area contributed by atoms with E-state index in [9.17, 15) is 0 Å². The second-order valence-electron chi connectivity index (χ2n) is 10.4. The van der Waals surface area contributed by atoms with Crippen molar-refractivity contribution in [1.29, 1.82) is 0 Å². The average Bonchev–Trinajstić information content (AvgIpc) is 3.49. The number of fused-ring (bicyclic) bond motifs is 1. The smallest absolute Gasteiger partial charge is 0.505 e. The normalized spacial score (nSPS) is 16.1. The van der Waals surface area contributed by atoms with Crippen molar-refractivity contribution < 1.29 is 30.3 Å². The molecule has 216 valence electrons. The Morgan fingerprint density at radius 3 is 2.15 bits per heavy atom. The van der Waals surface area contributed by atoms with E-state index in [4.69, 9.17) is 10.2 Å². The molecule has 1 saturated carbocycles. The first kappa shape index (κ1) is 32.5. The van der Waals surface area contributed by atoms with Gasteiger partial charge in [0.25, 0.3) is 0 Å². The largest absolute Gasteiger partial charge is 3.00 e. The number of aliphatic hydroxyl groups excluding tert-OH is 2. The van der Waals surface area contributed by atoms with Crippen molar-refractivity contribution in [2.75, 3.05) is 4.90 Å². The third-order valence-corrected chi connectivity index (χ3v) is 6.89. The molecule has 2 unspecified atom stereocenters. The Morgan fingerprint density at radius 2 is 1.51 bits per heavy atom. The molecule has 41 heavy (non-hydrogen) atoms. The Bertz CT molecular complexity index is 1300. The van der Waals surface area contributed by atoms with Gasteiger partial charge in [0.05, 0.1) is 17.7 Å². The van der Waals surface area contributed by atoms with Crippen LogP contribution in [0.1, 0.15) is 52.4 Å². The van der Waals surface area contributed by atoms with Crippen molar-refractivity contribution >= 4 is 16.6 Å². The Kier molecular flexibility index (Phi) is 13.5. The molecular weight excluding hydrogens is 687 g/mol. The van der Waals surface area contributed by atoms with Gasteiger partial charge < -0.3 is 20.0 Å². The van der Waals surface area contributed by atoms with Crippen molar-refractivity contribution in [2.45, 2.75) is 70.6 Å². The van der Waals surface area contributed by atoms with Crippen LogP contribution in [0.15, 0.2) is 97.3 Å². The minimum atomic E-state index is -0.375. The summed E-state index contributed by atoms with van der Waals surface area (Å²) in [5.74, 6) is 0. The molecule has 0 radical (unpaired) electrons. The molecule has 3 aromatic carbocycles. The Labute approximate surface area is 258 Å². The molecule has 0 spiro atoms. The third kappa shape index (κ3) is 10.4. The summed E-state index contributed by atoms with van der Waals surface area (Å²) >= 11 is 0. The zero-order valence-corrected chi connectivity index (χ0v) is 26.3. The summed E-state index contributed by atoms with van der Waals surface area (Å²) < 4.78 is 0. The molecule has 5 nitrogen and oxygen atoms in total. The first-order valence-electron chi connectivity index (χ1n) is 14.2. The summed E-state index contributed by atoms with van der Waals surface area (Å²) in [6.45, 7) is 5.52.